The van der Waals surface area contributed by atoms with Crippen LogP contribution in [0.4, 0.5) is 15.3 Å². The van der Waals surface area contributed by atoms with Gasteiger partial charge in [0.2, 0.25) is 0 Å². The van der Waals surface area contributed by atoms with E-state index in [9.17, 15) is 9.59 Å². The van der Waals surface area contributed by atoms with Gasteiger partial charge in [-0.1, -0.05) is 11.6 Å². The van der Waals surface area contributed by atoms with Crippen LogP contribution in [-0.4, -0.2) is 41.9 Å². The molecule has 1 saturated heterocycles. The second-order valence-electron chi connectivity index (χ2n) is 6.70. The van der Waals surface area contributed by atoms with Crippen LogP contribution in [0.5, 0.6) is 0 Å². The average Bonchev–Trinajstić information content (AvgIpc) is 2.48. The number of carbonyl (C=O) groups excluding carboxylic acids is 2. The lowest BCUT2D eigenvalue weighted by atomic mass is 10.1. The standard InChI is InChI=1S/C17H23ClN2O4/c1-17(2,3)24-16(22)20-10-8-14(9-11-20)23-15(21)19-13-6-4-12(18)5-7-13/h4-7,14H,8-11H2,1-3H3,(H,19,21). The normalized spacial score (nSPS) is 15.8. The molecule has 0 aliphatic carbocycles. The summed E-state index contributed by atoms with van der Waals surface area (Å²) in [5.74, 6) is 0. The van der Waals surface area contributed by atoms with Crippen LogP contribution >= 0.6 is 11.6 Å². The van der Waals surface area contributed by atoms with E-state index in [0.717, 1.165) is 0 Å². The number of hydrogen-bond acceptors (Lipinski definition) is 4. The summed E-state index contributed by atoms with van der Waals surface area (Å²) in [6.45, 7) is 6.52. The monoisotopic (exact) mass is 354 g/mol. The third kappa shape index (κ3) is 5.92. The lowest BCUT2D eigenvalue weighted by Crippen LogP contribution is -2.44. The summed E-state index contributed by atoms with van der Waals surface area (Å²) < 4.78 is 10.7. The van der Waals surface area contributed by atoms with Crippen molar-refractivity contribution in [3.63, 3.8) is 0 Å². The summed E-state index contributed by atoms with van der Waals surface area (Å²) in [5.41, 5.74) is 0.110. The van der Waals surface area contributed by atoms with Crippen molar-refractivity contribution in [2.75, 3.05) is 18.4 Å². The van der Waals surface area contributed by atoms with Crippen LogP contribution < -0.4 is 5.32 Å². The average molecular weight is 355 g/mol. The highest BCUT2D eigenvalue weighted by Crippen LogP contribution is 2.18. The van der Waals surface area contributed by atoms with Gasteiger partial charge in [0.25, 0.3) is 0 Å². The highest BCUT2D eigenvalue weighted by atomic mass is 35.5. The van der Waals surface area contributed by atoms with E-state index in [4.69, 9.17) is 21.1 Å². The molecule has 0 spiro atoms. The van der Waals surface area contributed by atoms with E-state index in [-0.39, 0.29) is 12.2 Å². The minimum atomic E-state index is -0.511. The van der Waals surface area contributed by atoms with Gasteiger partial charge in [-0.05, 0) is 45.0 Å². The zero-order chi connectivity index (χ0) is 17.7. The van der Waals surface area contributed by atoms with Crippen molar-refractivity contribution in [2.45, 2.75) is 45.3 Å². The predicted octanol–water partition coefficient (Wildman–Crippen LogP) is 4.29. The van der Waals surface area contributed by atoms with Gasteiger partial charge in [0.05, 0.1) is 0 Å². The van der Waals surface area contributed by atoms with E-state index in [2.05, 4.69) is 5.32 Å². The van der Waals surface area contributed by atoms with E-state index in [1.54, 1.807) is 29.2 Å². The first-order valence-corrected chi connectivity index (χ1v) is 8.32. The number of amides is 2. The van der Waals surface area contributed by atoms with Crippen molar-refractivity contribution in [3.8, 4) is 0 Å². The number of piperidine rings is 1. The van der Waals surface area contributed by atoms with Crippen LogP contribution in [-0.2, 0) is 9.47 Å². The quantitative estimate of drug-likeness (QED) is 0.860. The van der Waals surface area contributed by atoms with Crippen LogP contribution in [0.1, 0.15) is 33.6 Å². The number of rotatable bonds is 2. The number of hydrogen-bond donors (Lipinski definition) is 1. The molecule has 0 bridgehead atoms. The highest BCUT2D eigenvalue weighted by Gasteiger charge is 2.28. The maximum atomic E-state index is 12.0. The van der Waals surface area contributed by atoms with Crippen molar-refractivity contribution in [1.29, 1.82) is 0 Å². The van der Waals surface area contributed by atoms with E-state index in [1.807, 2.05) is 20.8 Å². The Morgan fingerprint density at radius 3 is 2.29 bits per heavy atom. The molecule has 2 amide bonds. The lowest BCUT2D eigenvalue weighted by molar-refractivity contribution is 0.00794. The van der Waals surface area contributed by atoms with Crippen molar-refractivity contribution < 1.29 is 19.1 Å². The maximum Gasteiger partial charge on any atom is 0.411 e. The number of nitrogens with one attached hydrogen (secondary N) is 1. The second-order valence-corrected chi connectivity index (χ2v) is 7.14. The molecule has 132 valence electrons. The lowest BCUT2D eigenvalue weighted by Gasteiger charge is -2.33. The van der Waals surface area contributed by atoms with Gasteiger partial charge < -0.3 is 14.4 Å². The molecule has 0 saturated carbocycles. The van der Waals surface area contributed by atoms with Crippen molar-refractivity contribution in [2.24, 2.45) is 0 Å². The molecular formula is C17H23ClN2O4. The third-order valence-corrected chi connectivity index (χ3v) is 3.71. The Balaban J connectivity index is 1.75. The first-order valence-electron chi connectivity index (χ1n) is 7.94. The maximum absolute atomic E-state index is 12.0. The largest absolute Gasteiger partial charge is 0.446 e. The molecule has 1 N–H and O–H groups in total. The van der Waals surface area contributed by atoms with Gasteiger partial charge in [-0.2, -0.15) is 0 Å². The molecular weight excluding hydrogens is 332 g/mol. The predicted molar refractivity (Wildman–Crippen MR) is 92.4 cm³/mol. The zero-order valence-corrected chi connectivity index (χ0v) is 14.9. The SMILES string of the molecule is CC(C)(C)OC(=O)N1CCC(OC(=O)Nc2ccc(Cl)cc2)CC1. The molecule has 1 aliphatic heterocycles. The number of likely N-dealkylation sites (tertiary alicyclic amines) is 1. The molecule has 1 heterocycles. The number of halogens is 1. The number of anilines is 1. The smallest absolute Gasteiger partial charge is 0.411 e. The summed E-state index contributed by atoms with van der Waals surface area (Å²) in [4.78, 5) is 25.5. The molecule has 24 heavy (non-hydrogen) atoms. The molecule has 0 unspecified atom stereocenters. The summed E-state index contributed by atoms with van der Waals surface area (Å²) in [6.07, 6.45) is 0.135. The zero-order valence-electron chi connectivity index (χ0n) is 14.2. The van der Waals surface area contributed by atoms with Gasteiger partial charge in [-0.3, -0.25) is 5.32 Å². The van der Waals surface area contributed by atoms with E-state index < -0.39 is 11.7 Å². The molecule has 0 aromatic heterocycles. The Morgan fingerprint density at radius 2 is 1.75 bits per heavy atom. The van der Waals surface area contributed by atoms with E-state index in [1.165, 1.54) is 0 Å². The summed E-state index contributed by atoms with van der Waals surface area (Å²) in [5, 5.41) is 3.26. The summed E-state index contributed by atoms with van der Waals surface area (Å²) >= 11 is 5.80. The first-order chi connectivity index (χ1) is 11.2. The van der Waals surface area contributed by atoms with Crippen LogP contribution in [0.15, 0.2) is 24.3 Å². The highest BCUT2D eigenvalue weighted by molar-refractivity contribution is 6.30. The summed E-state index contributed by atoms with van der Waals surface area (Å²) in [7, 11) is 0. The number of ether oxygens (including phenoxy) is 2. The first kappa shape index (κ1) is 18.4. The Morgan fingerprint density at radius 1 is 1.17 bits per heavy atom. The van der Waals surface area contributed by atoms with Crippen molar-refractivity contribution in [1.82, 2.24) is 4.90 Å². The molecule has 2 rings (SSSR count). The fraction of sp³-hybridized carbons (Fsp3) is 0.529. The number of carbonyl (C=O) groups is 2. The van der Waals surface area contributed by atoms with Gasteiger partial charge in [0.1, 0.15) is 11.7 Å². The van der Waals surface area contributed by atoms with Crippen LogP contribution in [0.3, 0.4) is 0 Å². The van der Waals surface area contributed by atoms with Crippen molar-refractivity contribution in [3.05, 3.63) is 29.3 Å². The molecule has 1 aromatic rings. The molecule has 0 atom stereocenters. The van der Waals surface area contributed by atoms with Gasteiger partial charge in [0, 0.05) is 36.6 Å². The number of nitrogens with zero attached hydrogens (tertiary/aromatic N) is 1. The Bertz CT molecular complexity index is 575. The molecule has 1 fully saturated rings. The van der Waals surface area contributed by atoms with Crippen LogP contribution in [0, 0.1) is 0 Å². The third-order valence-electron chi connectivity index (χ3n) is 3.46. The Labute approximate surface area is 147 Å². The minimum Gasteiger partial charge on any atom is -0.446 e. The fourth-order valence-electron chi connectivity index (χ4n) is 2.31. The summed E-state index contributed by atoms with van der Waals surface area (Å²) in [6, 6.07) is 6.79. The van der Waals surface area contributed by atoms with Crippen LogP contribution in [0.2, 0.25) is 5.02 Å². The fourth-order valence-corrected chi connectivity index (χ4v) is 2.44. The minimum absolute atomic E-state index is 0.212. The van der Waals surface area contributed by atoms with E-state index >= 15 is 0 Å². The topological polar surface area (TPSA) is 67.9 Å². The number of benzene rings is 1. The Kier molecular flexibility index (Phi) is 5.94. The van der Waals surface area contributed by atoms with E-state index in [0.29, 0.717) is 36.6 Å². The van der Waals surface area contributed by atoms with Crippen molar-refractivity contribution >= 4 is 29.5 Å². The Hall–Kier alpha value is -1.95. The molecule has 1 aliphatic rings. The molecule has 0 radical (unpaired) electrons. The van der Waals surface area contributed by atoms with Gasteiger partial charge in [-0.15, -0.1) is 0 Å². The molecule has 7 heteroatoms. The molecule has 1 aromatic carbocycles. The molecule has 6 nitrogen and oxygen atoms in total. The van der Waals surface area contributed by atoms with Gasteiger partial charge in [-0.25, -0.2) is 9.59 Å². The van der Waals surface area contributed by atoms with Crippen LogP contribution in [0.25, 0.3) is 0 Å². The van der Waals surface area contributed by atoms with Gasteiger partial charge >= 0.3 is 12.2 Å². The second kappa shape index (κ2) is 7.75. The van der Waals surface area contributed by atoms with Gasteiger partial charge in [0.15, 0.2) is 0 Å².